The van der Waals surface area contributed by atoms with Crippen LogP contribution in [0.2, 0.25) is 0 Å². The zero-order chi connectivity index (χ0) is 34.2. The number of ether oxygens (including phenoxy) is 3. The summed E-state index contributed by atoms with van der Waals surface area (Å²) >= 11 is 0. The molecule has 0 fully saturated rings. The van der Waals surface area contributed by atoms with Gasteiger partial charge in [0.2, 0.25) is 0 Å². The van der Waals surface area contributed by atoms with Crippen LogP contribution in [0.5, 0.6) is 34.5 Å². The second-order valence-electron chi connectivity index (χ2n) is 12.1. The van der Waals surface area contributed by atoms with Gasteiger partial charge < -0.3 is 14.2 Å². The van der Waals surface area contributed by atoms with Crippen molar-refractivity contribution in [3.63, 3.8) is 0 Å². The first-order valence-corrected chi connectivity index (χ1v) is 17.0. The molecule has 3 heteroatoms. The first-order chi connectivity index (χ1) is 25.2. The van der Waals surface area contributed by atoms with E-state index in [4.69, 9.17) is 14.2 Å². The molecule has 51 heavy (non-hydrogen) atoms. The van der Waals surface area contributed by atoms with Crippen molar-refractivity contribution in [1.82, 2.24) is 0 Å². The molecule has 0 N–H and O–H groups in total. The number of hydrogen-bond acceptors (Lipinski definition) is 3. The van der Waals surface area contributed by atoms with Crippen LogP contribution in [0, 0.1) is 0 Å². The van der Waals surface area contributed by atoms with Gasteiger partial charge in [-0.25, -0.2) is 0 Å². The summed E-state index contributed by atoms with van der Waals surface area (Å²) < 4.78 is 19.0. The van der Waals surface area contributed by atoms with Gasteiger partial charge in [0.15, 0.2) is 11.5 Å². The number of benzene rings is 8. The van der Waals surface area contributed by atoms with E-state index >= 15 is 0 Å². The van der Waals surface area contributed by atoms with Gasteiger partial charge in [-0.2, -0.15) is 0 Å². The van der Waals surface area contributed by atoms with Gasteiger partial charge in [-0.05, 0) is 99.6 Å². The van der Waals surface area contributed by atoms with Crippen molar-refractivity contribution >= 4 is 0 Å². The molecule has 0 unspecified atom stereocenters. The van der Waals surface area contributed by atoms with E-state index in [1.54, 1.807) is 0 Å². The van der Waals surface area contributed by atoms with Crippen molar-refractivity contribution in [2.24, 2.45) is 0 Å². The van der Waals surface area contributed by atoms with E-state index in [0.29, 0.717) is 11.5 Å². The summed E-state index contributed by atoms with van der Waals surface area (Å²) in [5.41, 5.74) is 8.79. The highest BCUT2D eigenvalue weighted by Gasteiger charge is 2.16. The fourth-order valence-corrected chi connectivity index (χ4v) is 6.09. The van der Waals surface area contributed by atoms with Crippen molar-refractivity contribution in [2.75, 3.05) is 0 Å². The van der Waals surface area contributed by atoms with E-state index in [-0.39, 0.29) is 0 Å². The van der Waals surface area contributed by atoms with Crippen LogP contribution in [0.4, 0.5) is 0 Å². The van der Waals surface area contributed by atoms with Gasteiger partial charge in [0, 0.05) is 5.56 Å². The molecular weight excluding hydrogens is 625 g/mol. The Bertz CT molecular complexity index is 2350. The molecule has 244 valence electrons. The summed E-state index contributed by atoms with van der Waals surface area (Å²) in [5.74, 6) is 4.41. The van der Waals surface area contributed by atoms with Crippen LogP contribution in [-0.2, 0) is 0 Å². The average molecular weight is 659 g/mol. The quantitative estimate of drug-likeness (QED) is 0.146. The Kier molecular flexibility index (Phi) is 9.08. The molecule has 8 aromatic carbocycles. The van der Waals surface area contributed by atoms with Crippen LogP contribution in [-0.4, -0.2) is 0 Å². The van der Waals surface area contributed by atoms with Crippen LogP contribution < -0.4 is 14.2 Å². The highest BCUT2D eigenvalue weighted by atomic mass is 16.5. The maximum absolute atomic E-state index is 6.48. The van der Waals surface area contributed by atoms with E-state index in [0.717, 1.165) is 67.5 Å². The molecule has 0 amide bonds. The predicted molar refractivity (Wildman–Crippen MR) is 208 cm³/mol. The van der Waals surface area contributed by atoms with Gasteiger partial charge in [0.25, 0.3) is 0 Å². The van der Waals surface area contributed by atoms with Crippen LogP contribution in [0.1, 0.15) is 0 Å². The standard InChI is InChI=1S/C48H34O3/c1-4-13-35(14-5-1)41-17-11-22-45(34-41)49-44-31-29-37(30-32-44)40-16-10-15-39(33-40)36-25-27-38(28-26-36)46-23-12-24-47(50-42-18-6-2-7-19-42)48(46)51-43-20-8-3-9-21-43/h1-34H. The van der Waals surface area contributed by atoms with Crippen LogP contribution in [0.3, 0.4) is 0 Å². The lowest BCUT2D eigenvalue weighted by Gasteiger charge is -2.17. The molecule has 3 nitrogen and oxygen atoms in total. The lowest BCUT2D eigenvalue weighted by molar-refractivity contribution is 0.420. The largest absolute Gasteiger partial charge is 0.457 e. The van der Waals surface area contributed by atoms with Crippen LogP contribution in [0.15, 0.2) is 206 Å². The third-order valence-electron chi connectivity index (χ3n) is 8.67. The van der Waals surface area contributed by atoms with Gasteiger partial charge in [-0.15, -0.1) is 0 Å². The lowest BCUT2D eigenvalue weighted by Crippen LogP contribution is -1.93. The predicted octanol–water partition coefficient (Wildman–Crippen LogP) is 13.7. The fourth-order valence-electron chi connectivity index (χ4n) is 6.09. The first kappa shape index (κ1) is 31.4. The lowest BCUT2D eigenvalue weighted by atomic mass is 9.96. The summed E-state index contributed by atoms with van der Waals surface area (Å²) in [4.78, 5) is 0. The van der Waals surface area contributed by atoms with Gasteiger partial charge in [-0.1, -0.05) is 146 Å². The third-order valence-corrected chi connectivity index (χ3v) is 8.67. The molecule has 0 aliphatic carbocycles. The molecule has 8 rings (SSSR count). The van der Waals surface area contributed by atoms with Gasteiger partial charge >= 0.3 is 0 Å². The molecular formula is C48H34O3. The van der Waals surface area contributed by atoms with Crippen molar-refractivity contribution in [3.8, 4) is 79.0 Å². The van der Waals surface area contributed by atoms with E-state index in [1.165, 1.54) is 0 Å². The number of hydrogen-bond donors (Lipinski definition) is 0. The molecule has 0 saturated heterocycles. The highest BCUT2D eigenvalue weighted by Crippen LogP contribution is 2.43. The molecule has 0 aromatic heterocycles. The van der Waals surface area contributed by atoms with E-state index in [9.17, 15) is 0 Å². The maximum atomic E-state index is 6.48. The van der Waals surface area contributed by atoms with Crippen LogP contribution >= 0.6 is 0 Å². The summed E-state index contributed by atoms with van der Waals surface area (Å²) in [7, 11) is 0. The number of rotatable bonds is 10. The molecule has 0 spiro atoms. The Morgan fingerprint density at radius 2 is 0.667 bits per heavy atom. The fraction of sp³-hybridized carbons (Fsp3) is 0. The minimum absolute atomic E-state index is 0.649. The minimum atomic E-state index is 0.649. The van der Waals surface area contributed by atoms with Crippen molar-refractivity contribution in [1.29, 1.82) is 0 Å². The molecule has 0 radical (unpaired) electrons. The zero-order valence-corrected chi connectivity index (χ0v) is 27.9. The molecule has 0 heterocycles. The van der Waals surface area contributed by atoms with Crippen molar-refractivity contribution in [2.45, 2.75) is 0 Å². The Hall–Kier alpha value is -6.84. The molecule has 0 aliphatic heterocycles. The molecule has 0 atom stereocenters. The summed E-state index contributed by atoms with van der Waals surface area (Å²) in [6.45, 7) is 0. The highest BCUT2D eigenvalue weighted by molar-refractivity contribution is 5.79. The Labute approximate surface area is 298 Å². The van der Waals surface area contributed by atoms with Gasteiger partial charge in [0.1, 0.15) is 23.0 Å². The van der Waals surface area contributed by atoms with Crippen molar-refractivity contribution in [3.05, 3.63) is 206 Å². The summed E-state index contributed by atoms with van der Waals surface area (Å²) in [6.07, 6.45) is 0. The smallest absolute Gasteiger partial charge is 0.177 e. The number of para-hydroxylation sites is 3. The zero-order valence-electron chi connectivity index (χ0n) is 27.9. The van der Waals surface area contributed by atoms with Gasteiger partial charge in [-0.3, -0.25) is 0 Å². The molecule has 8 aromatic rings. The summed E-state index contributed by atoms with van der Waals surface area (Å²) in [5, 5.41) is 0. The minimum Gasteiger partial charge on any atom is -0.457 e. The first-order valence-electron chi connectivity index (χ1n) is 17.0. The van der Waals surface area contributed by atoms with Crippen molar-refractivity contribution < 1.29 is 14.2 Å². The van der Waals surface area contributed by atoms with E-state index in [2.05, 4.69) is 91.0 Å². The molecule has 0 aliphatic rings. The van der Waals surface area contributed by atoms with Crippen LogP contribution in [0.25, 0.3) is 44.5 Å². The Morgan fingerprint density at radius 3 is 1.31 bits per heavy atom. The maximum Gasteiger partial charge on any atom is 0.177 e. The monoisotopic (exact) mass is 658 g/mol. The second-order valence-corrected chi connectivity index (χ2v) is 12.1. The van der Waals surface area contributed by atoms with E-state index < -0.39 is 0 Å². The average Bonchev–Trinajstić information content (AvgIpc) is 3.20. The Morgan fingerprint density at radius 1 is 0.235 bits per heavy atom. The SMILES string of the molecule is c1ccc(Oc2cccc(-c3ccc(-c4cccc(-c5ccc(Oc6cccc(-c7ccccc7)c6)cc5)c4)cc3)c2Oc2ccccc2)cc1. The van der Waals surface area contributed by atoms with E-state index in [1.807, 2.05) is 115 Å². The normalized spacial score (nSPS) is 10.7. The second kappa shape index (κ2) is 14.7. The van der Waals surface area contributed by atoms with Gasteiger partial charge in [0.05, 0.1) is 0 Å². The summed E-state index contributed by atoms with van der Waals surface area (Å²) in [6, 6.07) is 69.6. The molecule has 0 bridgehead atoms. The third kappa shape index (κ3) is 7.44. The topological polar surface area (TPSA) is 27.7 Å². The Balaban J connectivity index is 1.02. The molecule has 0 saturated carbocycles.